The molecule has 0 radical (unpaired) electrons. The summed E-state index contributed by atoms with van der Waals surface area (Å²) in [6.07, 6.45) is 3.37. The molecule has 0 amide bonds. The van der Waals surface area contributed by atoms with Gasteiger partial charge >= 0.3 is 0 Å². The summed E-state index contributed by atoms with van der Waals surface area (Å²) in [4.78, 5) is 13.6. The molecule has 0 fully saturated rings. The minimum atomic E-state index is -3.73. The van der Waals surface area contributed by atoms with Crippen LogP contribution in [0.5, 0.6) is 0 Å². The Morgan fingerprint density at radius 1 is 0.893 bits per heavy atom. The molecule has 1 aliphatic heterocycles. The maximum atomic E-state index is 12.9. The first-order valence-corrected chi connectivity index (χ1v) is 10.2. The van der Waals surface area contributed by atoms with Crippen LogP contribution in [-0.4, -0.2) is 23.4 Å². The number of pyridine rings is 1. The largest absolute Gasteiger partial charge is 0.365 e. The molecule has 2 N–H and O–H groups in total. The van der Waals surface area contributed by atoms with E-state index in [1.54, 1.807) is 42.7 Å². The number of rotatable bonds is 1. The summed E-state index contributed by atoms with van der Waals surface area (Å²) in [7, 11) is -3.73. The fourth-order valence-electron chi connectivity index (χ4n) is 3.32. The Hall–Kier alpha value is -3.52. The number of nitrogens with zero attached hydrogens (tertiary/aromatic N) is 3. The Morgan fingerprint density at radius 2 is 1.71 bits per heavy atom. The Balaban J connectivity index is 1.77. The smallest absolute Gasteiger partial charge is 0.262 e. The van der Waals surface area contributed by atoms with Crippen molar-refractivity contribution in [2.45, 2.75) is 11.4 Å². The van der Waals surface area contributed by atoms with Crippen LogP contribution in [0.3, 0.4) is 0 Å². The summed E-state index contributed by atoms with van der Waals surface area (Å²) in [6, 6.07) is 15.9. The van der Waals surface area contributed by atoms with Gasteiger partial charge in [-0.25, -0.2) is 18.4 Å². The van der Waals surface area contributed by atoms with Crippen molar-refractivity contribution in [1.82, 2.24) is 15.0 Å². The summed E-state index contributed by atoms with van der Waals surface area (Å²) in [5.74, 6) is 1.12. The number of anilines is 2. The topological polar surface area (TPSA) is 96.9 Å². The number of benzene rings is 2. The molecule has 1 aliphatic rings. The average molecular weight is 389 g/mol. The summed E-state index contributed by atoms with van der Waals surface area (Å²) in [5.41, 5.74) is 2.59. The molecule has 0 saturated carbocycles. The number of nitrogens with one attached hydrogen (secondary N) is 2. The number of fused-ring (bicyclic) bond motifs is 1. The second-order valence-electron chi connectivity index (χ2n) is 6.40. The first-order chi connectivity index (χ1) is 13.6. The minimum Gasteiger partial charge on any atom is -0.365 e. The van der Waals surface area contributed by atoms with Crippen LogP contribution in [0.4, 0.5) is 11.5 Å². The number of hydrogen-bond acceptors (Lipinski definition) is 6. The van der Waals surface area contributed by atoms with Gasteiger partial charge in [-0.1, -0.05) is 24.3 Å². The van der Waals surface area contributed by atoms with Crippen LogP contribution in [0.1, 0.15) is 5.56 Å². The molecular formula is C20H15N5O2S. The summed E-state index contributed by atoms with van der Waals surface area (Å²) >= 11 is 0. The molecule has 28 heavy (non-hydrogen) atoms. The molecule has 0 unspecified atom stereocenters. The maximum Gasteiger partial charge on any atom is 0.262 e. The van der Waals surface area contributed by atoms with Crippen molar-refractivity contribution in [3.63, 3.8) is 0 Å². The Kier molecular flexibility index (Phi) is 3.73. The standard InChI is InChI=1S/C20H15N5O2S/c26-28(27)17-7-2-1-4-14(17)12-22-20-18-15(5-3-6-16(18)25-28)23-19(24-20)13-8-10-21-11-9-13/h1-11,25H,12H2,(H,22,23,24). The monoisotopic (exact) mass is 389 g/mol. The van der Waals surface area contributed by atoms with E-state index < -0.39 is 10.0 Å². The first kappa shape index (κ1) is 16.6. The molecule has 0 atom stereocenters. The van der Waals surface area contributed by atoms with Crippen LogP contribution >= 0.6 is 0 Å². The number of hydrogen-bond donors (Lipinski definition) is 2. The molecule has 3 heterocycles. The van der Waals surface area contributed by atoms with E-state index in [1.165, 1.54) is 0 Å². The fraction of sp³-hybridized carbons (Fsp3) is 0.0500. The fourth-order valence-corrected chi connectivity index (χ4v) is 4.63. The van der Waals surface area contributed by atoms with Gasteiger partial charge in [-0.05, 0) is 35.9 Å². The third kappa shape index (κ3) is 2.74. The van der Waals surface area contributed by atoms with E-state index in [0.29, 0.717) is 40.3 Å². The molecule has 138 valence electrons. The summed E-state index contributed by atoms with van der Waals surface area (Å²) in [5, 5.41) is 3.94. The van der Waals surface area contributed by atoms with Crippen LogP contribution < -0.4 is 10.0 Å². The molecule has 0 spiro atoms. The number of aromatic nitrogens is 3. The van der Waals surface area contributed by atoms with E-state index in [4.69, 9.17) is 0 Å². The van der Waals surface area contributed by atoms with Crippen LogP contribution in [0.15, 0.2) is 71.9 Å². The van der Waals surface area contributed by atoms with Crippen LogP contribution in [-0.2, 0) is 16.6 Å². The van der Waals surface area contributed by atoms with Crippen LogP contribution in [0, 0.1) is 0 Å². The second-order valence-corrected chi connectivity index (χ2v) is 8.05. The zero-order valence-electron chi connectivity index (χ0n) is 14.6. The molecule has 8 heteroatoms. The van der Waals surface area contributed by atoms with Crippen molar-refractivity contribution in [1.29, 1.82) is 0 Å². The third-order valence-corrected chi connectivity index (χ3v) is 6.08. The van der Waals surface area contributed by atoms with Gasteiger partial charge in [-0.2, -0.15) is 0 Å². The number of sulfonamides is 1. The highest BCUT2D eigenvalue weighted by Gasteiger charge is 2.23. The molecule has 2 aromatic heterocycles. The second kappa shape index (κ2) is 6.28. The molecular weight excluding hydrogens is 374 g/mol. The van der Waals surface area contributed by atoms with Gasteiger partial charge in [0.15, 0.2) is 5.82 Å². The molecule has 4 aromatic rings. The van der Waals surface area contributed by atoms with Gasteiger partial charge in [0.2, 0.25) is 0 Å². The zero-order valence-corrected chi connectivity index (χ0v) is 15.4. The molecule has 0 aliphatic carbocycles. The van der Waals surface area contributed by atoms with Crippen molar-refractivity contribution in [2.75, 3.05) is 10.0 Å². The van der Waals surface area contributed by atoms with Crippen molar-refractivity contribution >= 4 is 32.4 Å². The Labute approximate surface area is 161 Å². The molecule has 0 bridgehead atoms. The highest BCUT2D eigenvalue weighted by atomic mass is 32.2. The lowest BCUT2D eigenvalue weighted by atomic mass is 10.1. The average Bonchev–Trinajstić information content (AvgIpc) is 2.76. The lowest BCUT2D eigenvalue weighted by molar-refractivity contribution is 0.600. The van der Waals surface area contributed by atoms with E-state index >= 15 is 0 Å². The van der Waals surface area contributed by atoms with E-state index in [0.717, 1.165) is 5.56 Å². The van der Waals surface area contributed by atoms with Gasteiger partial charge in [0.25, 0.3) is 10.0 Å². The van der Waals surface area contributed by atoms with Crippen molar-refractivity contribution in [3.05, 3.63) is 72.6 Å². The van der Waals surface area contributed by atoms with Gasteiger partial charge in [-0.3, -0.25) is 9.71 Å². The quantitative estimate of drug-likeness (QED) is 0.518. The molecule has 2 aromatic carbocycles. The van der Waals surface area contributed by atoms with E-state index in [9.17, 15) is 8.42 Å². The predicted octanol–water partition coefficient (Wildman–Crippen LogP) is 3.42. The normalized spacial score (nSPS) is 14.7. The van der Waals surface area contributed by atoms with Crippen LogP contribution in [0.25, 0.3) is 22.3 Å². The maximum absolute atomic E-state index is 12.9. The lowest BCUT2D eigenvalue weighted by Gasteiger charge is -2.13. The van der Waals surface area contributed by atoms with Gasteiger partial charge in [0.1, 0.15) is 5.82 Å². The van der Waals surface area contributed by atoms with Crippen molar-refractivity contribution in [3.8, 4) is 11.4 Å². The Morgan fingerprint density at radius 3 is 2.57 bits per heavy atom. The van der Waals surface area contributed by atoms with E-state index in [2.05, 4.69) is 25.0 Å². The van der Waals surface area contributed by atoms with E-state index in [-0.39, 0.29) is 4.90 Å². The summed E-state index contributed by atoms with van der Waals surface area (Å²) in [6.45, 7) is 0.327. The highest BCUT2D eigenvalue weighted by Crippen LogP contribution is 2.34. The van der Waals surface area contributed by atoms with E-state index in [1.807, 2.05) is 24.3 Å². The predicted molar refractivity (Wildman–Crippen MR) is 107 cm³/mol. The lowest BCUT2D eigenvalue weighted by Crippen LogP contribution is -2.15. The van der Waals surface area contributed by atoms with Gasteiger partial charge in [0.05, 0.1) is 21.5 Å². The SMILES string of the molecule is O=S1(=O)Nc2cccc3nc(-c4ccncc4)nc(c23)NCc2ccccc21. The van der Waals surface area contributed by atoms with Crippen molar-refractivity contribution < 1.29 is 8.42 Å². The molecule has 5 rings (SSSR count). The third-order valence-electron chi connectivity index (χ3n) is 4.61. The molecule has 7 nitrogen and oxygen atoms in total. The zero-order chi connectivity index (χ0) is 19.1. The summed E-state index contributed by atoms with van der Waals surface area (Å²) < 4.78 is 28.6. The van der Waals surface area contributed by atoms with Gasteiger partial charge < -0.3 is 5.32 Å². The van der Waals surface area contributed by atoms with Crippen LogP contribution in [0.2, 0.25) is 0 Å². The Bertz CT molecular complexity index is 1310. The highest BCUT2D eigenvalue weighted by molar-refractivity contribution is 7.92. The first-order valence-electron chi connectivity index (χ1n) is 8.67. The minimum absolute atomic E-state index is 0.245. The van der Waals surface area contributed by atoms with Gasteiger partial charge in [-0.15, -0.1) is 0 Å². The van der Waals surface area contributed by atoms with Gasteiger partial charge in [0, 0.05) is 24.5 Å². The van der Waals surface area contributed by atoms with Crippen molar-refractivity contribution in [2.24, 2.45) is 0 Å². The molecule has 0 saturated heterocycles.